The molecule has 0 aliphatic carbocycles. The van der Waals surface area contributed by atoms with Crippen LogP contribution in [0, 0.1) is 11.8 Å². The van der Waals surface area contributed by atoms with Crippen molar-refractivity contribution < 1.29 is 0 Å². The van der Waals surface area contributed by atoms with Gasteiger partial charge in [-0.05, 0) is 11.8 Å². The molecule has 0 heterocycles. The fourth-order valence-electron chi connectivity index (χ4n) is 3.11. The molecule has 0 fully saturated rings. The van der Waals surface area contributed by atoms with Crippen LogP contribution in [0.1, 0.15) is 105 Å². The summed E-state index contributed by atoms with van der Waals surface area (Å²) in [7, 11) is 0. The minimum atomic E-state index is 0.959. The summed E-state index contributed by atoms with van der Waals surface area (Å²) in [5.74, 6) is 1.96. The minimum Gasteiger partial charge on any atom is -0.0654 e. The first-order chi connectivity index (χ1) is 8.76. The normalized spacial score (nSPS) is 13.2. The van der Waals surface area contributed by atoms with Crippen LogP contribution >= 0.6 is 0 Å². The van der Waals surface area contributed by atoms with E-state index < -0.39 is 0 Å². The highest BCUT2D eigenvalue weighted by Crippen LogP contribution is 2.27. The van der Waals surface area contributed by atoms with E-state index in [9.17, 15) is 0 Å². The maximum absolute atomic E-state index is 2.49. The molecule has 0 rings (SSSR count). The van der Waals surface area contributed by atoms with Crippen molar-refractivity contribution in [2.75, 3.05) is 0 Å². The van der Waals surface area contributed by atoms with Gasteiger partial charge in [0.2, 0.25) is 0 Å². The molecule has 0 aliphatic rings. The number of hydrogen-bond acceptors (Lipinski definition) is 0. The molecule has 0 spiro atoms. The molecule has 0 aromatic carbocycles. The summed E-state index contributed by atoms with van der Waals surface area (Å²) in [5, 5.41) is 0. The Hall–Kier alpha value is 0. The molecule has 0 radical (unpaired) electrons. The highest BCUT2D eigenvalue weighted by molar-refractivity contribution is 4.66. The van der Waals surface area contributed by atoms with Crippen LogP contribution in [0.2, 0.25) is 0 Å². The van der Waals surface area contributed by atoms with E-state index in [0.717, 1.165) is 11.8 Å². The standard InChI is InChI=1S/C18H38/c1-5-8-9-10-11-12-13-16-17(4)18(14-6-2)15-7-3/h17-18H,5-16H2,1-4H3. The quantitative estimate of drug-likeness (QED) is 0.311. The largest absolute Gasteiger partial charge is 0.0654 e. The van der Waals surface area contributed by atoms with Crippen molar-refractivity contribution in [3.8, 4) is 0 Å². The Balaban J connectivity index is 3.51. The lowest BCUT2D eigenvalue weighted by atomic mass is 9.83. The van der Waals surface area contributed by atoms with Gasteiger partial charge < -0.3 is 0 Å². The van der Waals surface area contributed by atoms with Crippen molar-refractivity contribution >= 4 is 0 Å². The van der Waals surface area contributed by atoms with Gasteiger partial charge in [0.1, 0.15) is 0 Å². The van der Waals surface area contributed by atoms with Gasteiger partial charge in [-0.2, -0.15) is 0 Å². The molecule has 1 atom stereocenters. The lowest BCUT2D eigenvalue weighted by molar-refractivity contribution is 0.286. The fourth-order valence-corrected chi connectivity index (χ4v) is 3.11. The smallest absolute Gasteiger partial charge is 0.0389 e. The van der Waals surface area contributed by atoms with E-state index in [2.05, 4.69) is 27.7 Å². The first kappa shape index (κ1) is 18.0. The monoisotopic (exact) mass is 254 g/mol. The molecule has 0 saturated heterocycles. The number of hydrogen-bond donors (Lipinski definition) is 0. The summed E-state index contributed by atoms with van der Waals surface area (Å²) >= 11 is 0. The van der Waals surface area contributed by atoms with Gasteiger partial charge in [0.05, 0.1) is 0 Å². The van der Waals surface area contributed by atoms with Crippen molar-refractivity contribution in [3.05, 3.63) is 0 Å². The molecular weight excluding hydrogens is 216 g/mol. The molecule has 1 unspecified atom stereocenters. The maximum Gasteiger partial charge on any atom is -0.0389 e. The Morgan fingerprint density at radius 1 is 0.556 bits per heavy atom. The zero-order valence-corrected chi connectivity index (χ0v) is 13.6. The Labute approximate surface area is 117 Å². The van der Waals surface area contributed by atoms with E-state index in [1.54, 1.807) is 0 Å². The third-order valence-electron chi connectivity index (χ3n) is 4.39. The minimum absolute atomic E-state index is 0.959. The van der Waals surface area contributed by atoms with Crippen LogP contribution < -0.4 is 0 Å². The van der Waals surface area contributed by atoms with E-state index in [4.69, 9.17) is 0 Å². The maximum atomic E-state index is 2.49. The Kier molecular flexibility index (Phi) is 13.4. The van der Waals surface area contributed by atoms with E-state index in [1.165, 1.54) is 77.0 Å². The van der Waals surface area contributed by atoms with Crippen molar-refractivity contribution in [2.24, 2.45) is 11.8 Å². The Morgan fingerprint density at radius 3 is 1.56 bits per heavy atom. The van der Waals surface area contributed by atoms with Crippen molar-refractivity contribution in [3.63, 3.8) is 0 Å². The first-order valence-electron chi connectivity index (χ1n) is 8.76. The highest BCUT2D eigenvalue weighted by Gasteiger charge is 2.14. The van der Waals surface area contributed by atoms with Gasteiger partial charge in [-0.1, -0.05) is 105 Å². The molecular formula is C18H38. The Bertz CT molecular complexity index is 144. The van der Waals surface area contributed by atoms with Crippen LogP contribution in [-0.4, -0.2) is 0 Å². The van der Waals surface area contributed by atoms with Crippen LogP contribution in [0.3, 0.4) is 0 Å². The molecule has 0 aromatic heterocycles. The second kappa shape index (κ2) is 13.4. The van der Waals surface area contributed by atoms with Crippen LogP contribution in [0.4, 0.5) is 0 Å². The topological polar surface area (TPSA) is 0 Å². The van der Waals surface area contributed by atoms with Gasteiger partial charge >= 0.3 is 0 Å². The first-order valence-corrected chi connectivity index (χ1v) is 8.76. The zero-order chi connectivity index (χ0) is 13.6. The summed E-state index contributed by atoms with van der Waals surface area (Å²) in [6, 6.07) is 0. The highest BCUT2D eigenvalue weighted by atomic mass is 14.2. The molecule has 0 N–H and O–H groups in total. The predicted octanol–water partition coefficient (Wildman–Crippen LogP) is 6.98. The molecule has 110 valence electrons. The van der Waals surface area contributed by atoms with Gasteiger partial charge in [0.25, 0.3) is 0 Å². The van der Waals surface area contributed by atoms with Crippen LogP contribution in [0.5, 0.6) is 0 Å². The molecule has 0 aromatic rings. The summed E-state index contributed by atoms with van der Waals surface area (Å²) in [4.78, 5) is 0. The summed E-state index contributed by atoms with van der Waals surface area (Å²) in [6.45, 7) is 9.46. The number of rotatable bonds is 13. The SMILES string of the molecule is CCCCCCCCCC(C)C(CCC)CCC. The van der Waals surface area contributed by atoms with Crippen molar-refractivity contribution in [1.82, 2.24) is 0 Å². The summed E-state index contributed by atoms with van der Waals surface area (Å²) in [6.07, 6.45) is 17.2. The average molecular weight is 255 g/mol. The lowest BCUT2D eigenvalue weighted by Gasteiger charge is -2.23. The van der Waals surface area contributed by atoms with Crippen molar-refractivity contribution in [2.45, 2.75) is 105 Å². The molecule has 0 nitrogen and oxygen atoms in total. The predicted molar refractivity (Wildman–Crippen MR) is 85.1 cm³/mol. The lowest BCUT2D eigenvalue weighted by Crippen LogP contribution is -2.11. The van der Waals surface area contributed by atoms with Gasteiger partial charge in [-0.25, -0.2) is 0 Å². The van der Waals surface area contributed by atoms with Crippen LogP contribution in [-0.2, 0) is 0 Å². The van der Waals surface area contributed by atoms with E-state index in [-0.39, 0.29) is 0 Å². The van der Waals surface area contributed by atoms with Gasteiger partial charge in [-0.15, -0.1) is 0 Å². The molecule has 0 bridgehead atoms. The Morgan fingerprint density at radius 2 is 1.06 bits per heavy atom. The molecule has 0 amide bonds. The van der Waals surface area contributed by atoms with E-state index >= 15 is 0 Å². The fraction of sp³-hybridized carbons (Fsp3) is 1.00. The third kappa shape index (κ3) is 9.97. The molecule has 0 heteroatoms. The average Bonchev–Trinajstić information content (AvgIpc) is 2.37. The molecule has 18 heavy (non-hydrogen) atoms. The second-order valence-electron chi connectivity index (χ2n) is 6.22. The second-order valence-corrected chi connectivity index (χ2v) is 6.22. The van der Waals surface area contributed by atoms with E-state index in [1.807, 2.05) is 0 Å². The van der Waals surface area contributed by atoms with Crippen LogP contribution in [0.25, 0.3) is 0 Å². The van der Waals surface area contributed by atoms with Crippen LogP contribution in [0.15, 0.2) is 0 Å². The summed E-state index contributed by atoms with van der Waals surface area (Å²) < 4.78 is 0. The third-order valence-corrected chi connectivity index (χ3v) is 4.39. The van der Waals surface area contributed by atoms with E-state index in [0.29, 0.717) is 0 Å². The van der Waals surface area contributed by atoms with Crippen molar-refractivity contribution in [1.29, 1.82) is 0 Å². The van der Waals surface area contributed by atoms with Gasteiger partial charge in [0, 0.05) is 0 Å². The van der Waals surface area contributed by atoms with Gasteiger partial charge in [0.15, 0.2) is 0 Å². The molecule has 0 saturated carbocycles. The summed E-state index contributed by atoms with van der Waals surface area (Å²) in [5.41, 5.74) is 0. The molecule has 0 aliphatic heterocycles. The van der Waals surface area contributed by atoms with Gasteiger partial charge in [-0.3, -0.25) is 0 Å². The zero-order valence-electron chi connectivity index (χ0n) is 13.6. The number of unbranched alkanes of at least 4 members (excludes halogenated alkanes) is 6.